The number of hydrogen-bond acceptors (Lipinski definition) is 3. The molecular weight excluding hydrogens is 360 g/mol. The maximum absolute atomic E-state index is 12.7. The molecule has 3 aromatic rings. The largest absolute Gasteiger partial charge is 0.460 e. The molecule has 1 aromatic heterocycles. The van der Waals surface area contributed by atoms with Crippen molar-refractivity contribution in [1.29, 1.82) is 0 Å². The highest BCUT2D eigenvalue weighted by Crippen LogP contribution is 2.25. The Labute approximate surface area is 163 Å². The molecule has 1 atom stereocenters. The topological polar surface area (TPSA) is 54.3 Å². The zero-order valence-corrected chi connectivity index (χ0v) is 15.6. The molecule has 4 nitrogen and oxygen atoms in total. The van der Waals surface area contributed by atoms with E-state index in [1.54, 1.807) is 0 Å². The number of rotatable bonds is 7. The molecule has 5 heteroatoms. The van der Waals surface area contributed by atoms with E-state index in [2.05, 4.69) is 10.6 Å². The number of halogens is 1. The monoisotopic (exact) mass is 380 g/mol. The fourth-order valence-corrected chi connectivity index (χ4v) is 3.09. The maximum atomic E-state index is 12.7. The van der Waals surface area contributed by atoms with E-state index in [1.807, 2.05) is 66.7 Å². The lowest BCUT2D eigenvalue weighted by atomic mass is 10.1. The summed E-state index contributed by atoms with van der Waals surface area (Å²) >= 11 is 5.94. The Morgan fingerprint density at radius 2 is 1.78 bits per heavy atom. The third-order valence-electron chi connectivity index (χ3n) is 4.59. The highest BCUT2D eigenvalue weighted by molar-refractivity contribution is 6.30. The minimum absolute atomic E-state index is 0.00757. The van der Waals surface area contributed by atoms with Crippen LogP contribution in [0.5, 0.6) is 0 Å². The molecule has 4 rings (SSSR count). The summed E-state index contributed by atoms with van der Waals surface area (Å²) in [6, 6.07) is 21.1. The molecule has 1 unspecified atom stereocenters. The lowest BCUT2D eigenvalue weighted by Crippen LogP contribution is -2.38. The van der Waals surface area contributed by atoms with Gasteiger partial charge in [0, 0.05) is 16.6 Å². The van der Waals surface area contributed by atoms with E-state index in [4.69, 9.17) is 16.0 Å². The Morgan fingerprint density at radius 3 is 2.48 bits per heavy atom. The van der Waals surface area contributed by atoms with E-state index in [9.17, 15) is 4.79 Å². The third kappa shape index (κ3) is 4.59. The summed E-state index contributed by atoms with van der Waals surface area (Å²) < 4.78 is 5.93. The zero-order chi connectivity index (χ0) is 18.6. The van der Waals surface area contributed by atoms with Crippen molar-refractivity contribution in [3.05, 3.63) is 83.1 Å². The number of benzene rings is 2. The average molecular weight is 381 g/mol. The fourth-order valence-electron chi connectivity index (χ4n) is 2.96. The molecule has 138 valence electrons. The highest BCUT2D eigenvalue weighted by Gasteiger charge is 2.28. The second kappa shape index (κ2) is 7.99. The van der Waals surface area contributed by atoms with Crippen molar-refractivity contribution in [2.45, 2.75) is 31.5 Å². The first-order valence-electron chi connectivity index (χ1n) is 9.12. The van der Waals surface area contributed by atoms with Gasteiger partial charge in [0.2, 0.25) is 5.91 Å². The minimum atomic E-state index is -0.407. The molecule has 0 bridgehead atoms. The summed E-state index contributed by atoms with van der Waals surface area (Å²) in [5.74, 6) is 1.57. The van der Waals surface area contributed by atoms with Gasteiger partial charge >= 0.3 is 0 Å². The predicted octanol–water partition coefficient (Wildman–Crippen LogP) is 4.71. The van der Waals surface area contributed by atoms with Crippen molar-refractivity contribution in [3.63, 3.8) is 0 Å². The van der Waals surface area contributed by atoms with Gasteiger partial charge in [-0.1, -0.05) is 41.9 Å². The van der Waals surface area contributed by atoms with Crippen LogP contribution in [0.3, 0.4) is 0 Å². The predicted molar refractivity (Wildman–Crippen MR) is 106 cm³/mol. The number of furan rings is 1. The van der Waals surface area contributed by atoms with E-state index in [0.717, 1.165) is 35.5 Å². The van der Waals surface area contributed by atoms with Crippen molar-refractivity contribution in [2.24, 2.45) is 0 Å². The molecule has 1 amide bonds. The van der Waals surface area contributed by atoms with Crippen molar-refractivity contribution < 1.29 is 9.21 Å². The second-order valence-electron chi connectivity index (χ2n) is 6.78. The Hall–Kier alpha value is -2.56. The van der Waals surface area contributed by atoms with Gasteiger partial charge in [-0.2, -0.15) is 0 Å². The molecule has 1 saturated carbocycles. The quantitative estimate of drug-likeness (QED) is 0.624. The van der Waals surface area contributed by atoms with Gasteiger partial charge in [0.1, 0.15) is 17.6 Å². The van der Waals surface area contributed by atoms with Gasteiger partial charge < -0.3 is 9.73 Å². The van der Waals surface area contributed by atoms with E-state index >= 15 is 0 Å². The molecule has 1 aliphatic rings. The Bertz CT molecular complexity index is 902. The van der Waals surface area contributed by atoms with Crippen molar-refractivity contribution >= 4 is 17.5 Å². The van der Waals surface area contributed by atoms with Gasteiger partial charge in [-0.15, -0.1) is 0 Å². The molecule has 0 aliphatic heterocycles. The maximum Gasteiger partial charge on any atom is 0.241 e. The summed E-state index contributed by atoms with van der Waals surface area (Å²) in [4.78, 5) is 12.7. The molecular formula is C22H21ClN2O2. The molecule has 0 radical (unpaired) electrons. The van der Waals surface area contributed by atoms with E-state index in [0.29, 0.717) is 17.6 Å². The lowest BCUT2D eigenvalue weighted by Gasteiger charge is -2.18. The summed E-state index contributed by atoms with van der Waals surface area (Å²) in [6.45, 7) is 0.464. The molecule has 2 N–H and O–H groups in total. The fraction of sp³-hybridized carbons (Fsp3) is 0.227. The van der Waals surface area contributed by atoms with Crippen molar-refractivity contribution in [2.75, 3.05) is 0 Å². The Balaban J connectivity index is 1.46. The van der Waals surface area contributed by atoms with Gasteiger partial charge in [0.15, 0.2) is 0 Å². The standard InChI is InChI=1S/C22H21ClN2O2/c23-17-8-6-15(7-9-17)20-13-12-19(27-20)14-24-21(16-4-2-1-3-5-16)22(26)25-18-10-11-18/h1-9,12-13,18,21,24H,10-11,14H2,(H,25,26). The van der Waals surface area contributed by atoms with Gasteiger partial charge in [-0.05, 0) is 54.8 Å². The first-order chi connectivity index (χ1) is 13.2. The lowest BCUT2D eigenvalue weighted by molar-refractivity contribution is -0.123. The van der Waals surface area contributed by atoms with E-state index in [-0.39, 0.29) is 5.91 Å². The summed E-state index contributed by atoms with van der Waals surface area (Å²) in [5, 5.41) is 7.11. The van der Waals surface area contributed by atoms with Crippen LogP contribution in [0.2, 0.25) is 5.02 Å². The molecule has 2 aromatic carbocycles. The number of hydrogen-bond donors (Lipinski definition) is 2. The van der Waals surface area contributed by atoms with Gasteiger partial charge in [-0.25, -0.2) is 0 Å². The number of carbonyl (C=O) groups excluding carboxylic acids is 1. The van der Waals surface area contributed by atoms with Crippen LogP contribution >= 0.6 is 11.6 Å². The summed E-state index contributed by atoms with van der Waals surface area (Å²) in [5.41, 5.74) is 1.91. The molecule has 27 heavy (non-hydrogen) atoms. The molecule has 1 heterocycles. The molecule has 1 fully saturated rings. The second-order valence-corrected chi connectivity index (χ2v) is 7.22. The van der Waals surface area contributed by atoms with Crippen LogP contribution in [0, 0.1) is 0 Å². The van der Waals surface area contributed by atoms with Crippen molar-refractivity contribution in [3.8, 4) is 11.3 Å². The van der Waals surface area contributed by atoms with Crippen LogP contribution in [0.25, 0.3) is 11.3 Å². The number of amides is 1. The third-order valence-corrected chi connectivity index (χ3v) is 4.84. The number of nitrogens with one attached hydrogen (secondary N) is 2. The smallest absolute Gasteiger partial charge is 0.241 e. The highest BCUT2D eigenvalue weighted by atomic mass is 35.5. The van der Waals surface area contributed by atoms with Crippen LogP contribution in [-0.4, -0.2) is 11.9 Å². The van der Waals surface area contributed by atoms with Gasteiger partial charge in [0.25, 0.3) is 0 Å². The van der Waals surface area contributed by atoms with E-state index < -0.39 is 6.04 Å². The molecule has 0 saturated heterocycles. The Kier molecular flexibility index (Phi) is 5.28. The normalized spacial score (nSPS) is 14.7. The minimum Gasteiger partial charge on any atom is -0.460 e. The van der Waals surface area contributed by atoms with E-state index in [1.165, 1.54) is 0 Å². The zero-order valence-electron chi connectivity index (χ0n) is 14.8. The number of carbonyl (C=O) groups is 1. The summed E-state index contributed by atoms with van der Waals surface area (Å²) in [6.07, 6.45) is 2.13. The van der Waals surface area contributed by atoms with Gasteiger partial charge in [0.05, 0.1) is 6.54 Å². The van der Waals surface area contributed by atoms with Crippen LogP contribution in [0.1, 0.15) is 30.2 Å². The molecule has 1 aliphatic carbocycles. The average Bonchev–Trinajstić information content (AvgIpc) is 3.37. The first-order valence-corrected chi connectivity index (χ1v) is 9.50. The first kappa shape index (κ1) is 17.8. The van der Waals surface area contributed by atoms with Crippen LogP contribution in [0.4, 0.5) is 0 Å². The Morgan fingerprint density at radius 1 is 1.04 bits per heavy atom. The van der Waals surface area contributed by atoms with Gasteiger partial charge in [-0.3, -0.25) is 10.1 Å². The molecule has 0 spiro atoms. The van der Waals surface area contributed by atoms with Crippen LogP contribution < -0.4 is 10.6 Å². The van der Waals surface area contributed by atoms with Crippen LogP contribution in [-0.2, 0) is 11.3 Å². The van der Waals surface area contributed by atoms with Crippen LogP contribution in [0.15, 0.2) is 71.1 Å². The summed E-state index contributed by atoms with van der Waals surface area (Å²) in [7, 11) is 0. The SMILES string of the molecule is O=C(NC1CC1)C(NCc1ccc(-c2ccc(Cl)cc2)o1)c1ccccc1. The van der Waals surface area contributed by atoms with Crippen molar-refractivity contribution in [1.82, 2.24) is 10.6 Å².